The number of imidazole rings is 1. The number of Topliss-reactive ketones (excluding diaryl/α,β-unsaturated/α-hetero) is 1. The van der Waals surface area contributed by atoms with E-state index in [4.69, 9.17) is 5.73 Å². The van der Waals surface area contributed by atoms with Crippen molar-refractivity contribution >= 4 is 11.7 Å². The summed E-state index contributed by atoms with van der Waals surface area (Å²) in [5.41, 5.74) is 6.95. The number of anilines is 1. The minimum Gasteiger partial charge on any atom is -0.369 e. The third-order valence-corrected chi connectivity index (χ3v) is 2.36. The number of hydrogen-bond acceptors (Lipinski definition) is 3. The molecule has 0 aliphatic heterocycles. The van der Waals surface area contributed by atoms with Crippen LogP contribution in [0.1, 0.15) is 36.5 Å². The number of nitrogens with two attached hydrogens (primary N) is 1. The lowest BCUT2D eigenvalue weighted by Gasteiger charge is -2.27. The van der Waals surface area contributed by atoms with Gasteiger partial charge >= 0.3 is 0 Å². The van der Waals surface area contributed by atoms with E-state index in [2.05, 4.69) is 23.8 Å². The van der Waals surface area contributed by atoms with Crippen LogP contribution in [0.4, 0.5) is 5.95 Å². The van der Waals surface area contributed by atoms with Crippen molar-refractivity contribution in [3.05, 3.63) is 11.4 Å². The fourth-order valence-corrected chi connectivity index (χ4v) is 1.85. The third kappa shape index (κ3) is 1.32. The number of hydrogen-bond donors (Lipinski definition) is 2. The van der Waals surface area contributed by atoms with Gasteiger partial charge in [0.15, 0.2) is 11.7 Å². The van der Waals surface area contributed by atoms with Gasteiger partial charge in [0.1, 0.15) is 5.69 Å². The lowest BCUT2D eigenvalue weighted by molar-refractivity contribution is 0.0906. The van der Waals surface area contributed by atoms with Crippen LogP contribution in [0.2, 0.25) is 0 Å². The van der Waals surface area contributed by atoms with Gasteiger partial charge in [0, 0.05) is 12.1 Å². The lowest BCUT2D eigenvalue weighted by Crippen LogP contribution is -2.26. The van der Waals surface area contributed by atoms with Crippen molar-refractivity contribution in [2.24, 2.45) is 5.41 Å². The van der Waals surface area contributed by atoms with E-state index >= 15 is 0 Å². The quantitative estimate of drug-likeness (QED) is 0.627. The van der Waals surface area contributed by atoms with Gasteiger partial charge in [-0.15, -0.1) is 0 Å². The predicted molar refractivity (Wildman–Crippen MR) is 49.4 cm³/mol. The Morgan fingerprint density at radius 1 is 1.46 bits per heavy atom. The zero-order chi connectivity index (χ0) is 9.64. The van der Waals surface area contributed by atoms with Crippen molar-refractivity contribution in [1.82, 2.24) is 9.97 Å². The van der Waals surface area contributed by atoms with E-state index in [1.54, 1.807) is 0 Å². The second-order valence-electron chi connectivity index (χ2n) is 4.39. The summed E-state index contributed by atoms with van der Waals surface area (Å²) in [5, 5.41) is 0. The largest absolute Gasteiger partial charge is 0.369 e. The Balaban J connectivity index is 2.48. The molecule has 0 saturated heterocycles. The summed E-state index contributed by atoms with van der Waals surface area (Å²) in [6.45, 7) is 4.15. The van der Waals surface area contributed by atoms with Gasteiger partial charge < -0.3 is 10.7 Å². The van der Waals surface area contributed by atoms with Crippen molar-refractivity contribution in [3.63, 3.8) is 0 Å². The maximum Gasteiger partial charge on any atom is 0.198 e. The first-order valence-corrected chi connectivity index (χ1v) is 4.35. The highest BCUT2D eigenvalue weighted by Gasteiger charge is 2.33. The molecule has 0 spiro atoms. The summed E-state index contributed by atoms with van der Waals surface area (Å²) in [6.07, 6.45) is 1.41. The second kappa shape index (κ2) is 2.34. The molecule has 0 radical (unpaired) electrons. The molecular weight excluding hydrogens is 166 g/mol. The number of fused-ring (bicyclic) bond motifs is 1. The smallest absolute Gasteiger partial charge is 0.198 e. The Bertz CT molecular complexity index is 365. The topological polar surface area (TPSA) is 71.8 Å². The molecule has 1 aromatic heterocycles. The molecule has 1 aromatic rings. The van der Waals surface area contributed by atoms with Crippen LogP contribution in [-0.4, -0.2) is 15.8 Å². The van der Waals surface area contributed by atoms with E-state index in [-0.39, 0.29) is 11.2 Å². The molecule has 0 amide bonds. The van der Waals surface area contributed by atoms with Gasteiger partial charge in [0.25, 0.3) is 0 Å². The zero-order valence-corrected chi connectivity index (χ0v) is 7.85. The number of rotatable bonds is 0. The third-order valence-electron chi connectivity index (χ3n) is 2.36. The van der Waals surface area contributed by atoms with Crippen LogP contribution in [-0.2, 0) is 6.42 Å². The Morgan fingerprint density at radius 3 is 2.85 bits per heavy atom. The molecule has 4 heteroatoms. The number of nitrogens with zero attached hydrogens (tertiary/aromatic N) is 1. The average Bonchev–Trinajstić information content (AvgIpc) is 2.27. The Kier molecular flexibility index (Phi) is 1.49. The summed E-state index contributed by atoms with van der Waals surface area (Å²) in [7, 11) is 0. The first-order valence-electron chi connectivity index (χ1n) is 4.35. The highest BCUT2D eigenvalue weighted by Crippen LogP contribution is 2.33. The number of ketones is 1. The van der Waals surface area contributed by atoms with Crippen molar-refractivity contribution in [1.29, 1.82) is 0 Å². The van der Waals surface area contributed by atoms with Gasteiger partial charge in [-0.1, -0.05) is 13.8 Å². The van der Waals surface area contributed by atoms with Gasteiger partial charge in [-0.2, -0.15) is 0 Å². The molecule has 4 nitrogen and oxygen atoms in total. The molecule has 0 bridgehead atoms. The lowest BCUT2D eigenvalue weighted by atomic mass is 9.77. The summed E-state index contributed by atoms with van der Waals surface area (Å²) in [5.74, 6) is 0.440. The SMILES string of the molecule is CC1(C)CC(=O)c2nc(N)[nH]c2C1. The Labute approximate surface area is 76.5 Å². The molecule has 3 N–H and O–H groups in total. The summed E-state index contributed by atoms with van der Waals surface area (Å²) >= 11 is 0. The molecule has 13 heavy (non-hydrogen) atoms. The second-order valence-corrected chi connectivity index (χ2v) is 4.39. The minimum atomic E-state index is 0.0308. The minimum absolute atomic E-state index is 0.0308. The zero-order valence-electron chi connectivity index (χ0n) is 7.85. The molecule has 0 saturated carbocycles. The molecule has 1 heterocycles. The number of carbonyl (C=O) groups is 1. The highest BCUT2D eigenvalue weighted by atomic mass is 16.1. The van der Waals surface area contributed by atoms with E-state index in [0.717, 1.165) is 12.1 Å². The fourth-order valence-electron chi connectivity index (χ4n) is 1.85. The van der Waals surface area contributed by atoms with Crippen LogP contribution in [0.25, 0.3) is 0 Å². The summed E-state index contributed by atoms with van der Waals surface area (Å²) in [6, 6.07) is 0. The van der Waals surface area contributed by atoms with Crippen LogP contribution >= 0.6 is 0 Å². The predicted octanol–water partition coefficient (Wildman–Crippen LogP) is 1.15. The first-order chi connectivity index (χ1) is 5.98. The summed E-state index contributed by atoms with van der Waals surface area (Å²) in [4.78, 5) is 18.5. The van der Waals surface area contributed by atoms with E-state index in [1.807, 2.05) is 0 Å². The number of H-pyrrole nitrogens is 1. The molecule has 2 rings (SSSR count). The molecule has 0 aromatic carbocycles. The van der Waals surface area contributed by atoms with E-state index in [9.17, 15) is 4.79 Å². The maximum absolute atomic E-state index is 11.6. The van der Waals surface area contributed by atoms with Crippen molar-refractivity contribution in [2.45, 2.75) is 26.7 Å². The molecule has 0 atom stereocenters. The van der Waals surface area contributed by atoms with Crippen molar-refractivity contribution in [2.75, 3.05) is 5.73 Å². The molecule has 1 aliphatic rings. The van der Waals surface area contributed by atoms with Gasteiger partial charge in [0.05, 0.1) is 0 Å². The Hall–Kier alpha value is -1.32. The number of carbonyl (C=O) groups excluding carboxylic acids is 1. The molecule has 70 valence electrons. The summed E-state index contributed by atoms with van der Waals surface area (Å²) < 4.78 is 0. The van der Waals surface area contributed by atoms with Crippen molar-refractivity contribution < 1.29 is 4.79 Å². The monoisotopic (exact) mass is 179 g/mol. The fraction of sp³-hybridized carbons (Fsp3) is 0.556. The standard InChI is InChI=1S/C9H13N3O/c1-9(2)3-5-7(6(13)4-9)12-8(10)11-5/h3-4H2,1-2H3,(H3,10,11,12). The molecule has 0 unspecified atom stereocenters. The number of aromatic nitrogens is 2. The maximum atomic E-state index is 11.6. The molecule has 0 fully saturated rings. The molecule has 1 aliphatic carbocycles. The average molecular weight is 179 g/mol. The van der Waals surface area contributed by atoms with Gasteiger partial charge in [-0.3, -0.25) is 4.79 Å². The van der Waals surface area contributed by atoms with Crippen LogP contribution < -0.4 is 5.73 Å². The normalized spacial score (nSPS) is 20.0. The molecular formula is C9H13N3O. The number of nitrogens with one attached hydrogen (secondary N) is 1. The number of aromatic amines is 1. The van der Waals surface area contributed by atoms with Crippen LogP contribution in [0.15, 0.2) is 0 Å². The van der Waals surface area contributed by atoms with Gasteiger partial charge in [0.2, 0.25) is 0 Å². The first kappa shape index (κ1) is 8.29. The number of nitrogen functional groups attached to an aromatic ring is 1. The van der Waals surface area contributed by atoms with Crippen molar-refractivity contribution in [3.8, 4) is 0 Å². The van der Waals surface area contributed by atoms with Gasteiger partial charge in [-0.25, -0.2) is 4.98 Å². The Morgan fingerprint density at radius 2 is 2.15 bits per heavy atom. The van der Waals surface area contributed by atoms with Gasteiger partial charge in [-0.05, 0) is 11.8 Å². The van der Waals surface area contributed by atoms with Crippen LogP contribution in [0, 0.1) is 5.41 Å². The van der Waals surface area contributed by atoms with Crippen LogP contribution in [0.5, 0.6) is 0 Å². The van der Waals surface area contributed by atoms with Crippen LogP contribution in [0.3, 0.4) is 0 Å². The highest BCUT2D eigenvalue weighted by molar-refractivity contribution is 5.97. The van der Waals surface area contributed by atoms with E-state index in [1.165, 1.54) is 0 Å². The van der Waals surface area contributed by atoms with E-state index < -0.39 is 0 Å². The van der Waals surface area contributed by atoms with E-state index in [0.29, 0.717) is 18.1 Å².